The van der Waals surface area contributed by atoms with E-state index < -0.39 is 0 Å². The van der Waals surface area contributed by atoms with Crippen molar-refractivity contribution in [3.63, 3.8) is 0 Å². The fraction of sp³-hybridized carbons (Fsp3) is 1.00. The van der Waals surface area contributed by atoms with Crippen molar-refractivity contribution in [1.29, 1.82) is 0 Å². The maximum absolute atomic E-state index is 5.59. The molecule has 15 heavy (non-hydrogen) atoms. The van der Waals surface area contributed by atoms with E-state index in [4.69, 9.17) is 4.74 Å². The van der Waals surface area contributed by atoms with Crippen LogP contribution in [0.15, 0.2) is 0 Å². The van der Waals surface area contributed by atoms with Crippen molar-refractivity contribution in [2.45, 2.75) is 32.2 Å². The predicted molar refractivity (Wildman–Crippen MR) is 62.1 cm³/mol. The summed E-state index contributed by atoms with van der Waals surface area (Å²) < 4.78 is 5.59. The molecule has 3 nitrogen and oxygen atoms in total. The van der Waals surface area contributed by atoms with Gasteiger partial charge in [0.2, 0.25) is 0 Å². The second-order valence-electron chi connectivity index (χ2n) is 4.87. The molecule has 0 spiro atoms. The lowest BCUT2D eigenvalue weighted by molar-refractivity contribution is 0.173. The zero-order chi connectivity index (χ0) is 10.5. The van der Waals surface area contributed by atoms with Gasteiger partial charge in [-0.2, -0.15) is 0 Å². The summed E-state index contributed by atoms with van der Waals surface area (Å²) in [6.07, 6.45) is 3.99. The first kappa shape index (κ1) is 11.4. The molecule has 2 rings (SSSR count). The summed E-state index contributed by atoms with van der Waals surface area (Å²) in [5.41, 5.74) is 0. The Morgan fingerprint density at radius 2 is 2.07 bits per heavy atom. The number of hydrogen-bond acceptors (Lipinski definition) is 3. The average Bonchev–Trinajstić information content (AvgIpc) is 2.87. The van der Waals surface area contributed by atoms with E-state index in [-0.39, 0.29) is 0 Å². The molecule has 88 valence electrons. The first-order valence-electron chi connectivity index (χ1n) is 6.43. The first-order valence-corrected chi connectivity index (χ1v) is 6.43. The van der Waals surface area contributed by atoms with Crippen molar-refractivity contribution >= 4 is 0 Å². The van der Waals surface area contributed by atoms with Gasteiger partial charge < -0.3 is 15.0 Å². The van der Waals surface area contributed by atoms with Gasteiger partial charge in [-0.3, -0.25) is 0 Å². The standard InChI is InChI=1S/C12H24N2O/c1-2-5-13-12-10-15-9-11(12)8-14-6-3-4-7-14/h11-13H,2-10H2,1H3. The van der Waals surface area contributed by atoms with Gasteiger partial charge in [-0.1, -0.05) is 6.92 Å². The molecule has 0 bridgehead atoms. The molecule has 0 radical (unpaired) electrons. The minimum Gasteiger partial charge on any atom is -0.379 e. The fourth-order valence-corrected chi connectivity index (χ4v) is 2.63. The minimum absolute atomic E-state index is 0.602. The zero-order valence-electron chi connectivity index (χ0n) is 9.87. The molecule has 2 atom stereocenters. The topological polar surface area (TPSA) is 24.5 Å². The van der Waals surface area contributed by atoms with Crippen molar-refractivity contribution in [3.8, 4) is 0 Å². The molecular weight excluding hydrogens is 188 g/mol. The van der Waals surface area contributed by atoms with E-state index >= 15 is 0 Å². The molecular formula is C12H24N2O. The Hall–Kier alpha value is -0.120. The number of nitrogens with one attached hydrogen (secondary N) is 1. The summed E-state index contributed by atoms with van der Waals surface area (Å²) in [5, 5.41) is 3.60. The Labute approximate surface area is 93.2 Å². The predicted octanol–water partition coefficient (Wildman–Crippen LogP) is 1.10. The third-order valence-corrected chi connectivity index (χ3v) is 3.55. The molecule has 0 aromatic heterocycles. The molecule has 3 heteroatoms. The second kappa shape index (κ2) is 5.83. The Balaban J connectivity index is 1.74. The fourth-order valence-electron chi connectivity index (χ4n) is 2.63. The first-order chi connectivity index (χ1) is 7.40. The maximum atomic E-state index is 5.59. The van der Waals surface area contributed by atoms with E-state index in [1.165, 1.54) is 38.9 Å². The van der Waals surface area contributed by atoms with Crippen LogP contribution in [-0.2, 0) is 4.74 Å². The van der Waals surface area contributed by atoms with Crippen LogP contribution in [0.5, 0.6) is 0 Å². The normalized spacial score (nSPS) is 32.6. The van der Waals surface area contributed by atoms with Crippen LogP contribution in [0, 0.1) is 5.92 Å². The highest BCUT2D eigenvalue weighted by molar-refractivity contribution is 4.84. The lowest BCUT2D eigenvalue weighted by Gasteiger charge is -2.24. The number of nitrogens with zero attached hydrogens (tertiary/aromatic N) is 1. The Morgan fingerprint density at radius 1 is 1.27 bits per heavy atom. The van der Waals surface area contributed by atoms with Crippen molar-refractivity contribution in [2.24, 2.45) is 5.92 Å². The Bertz CT molecular complexity index is 180. The SMILES string of the molecule is CCCNC1COCC1CN1CCCC1. The van der Waals surface area contributed by atoms with Gasteiger partial charge >= 0.3 is 0 Å². The molecule has 2 aliphatic heterocycles. The van der Waals surface area contributed by atoms with E-state index in [2.05, 4.69) is 17.1 Å². The van der Waals surface area contributed by atoms with Crippen molar-refractivity contribution < 1.29 is 4.74 Å². The highest BCUT2D eigenvalue weighted by Gasteiger charge is 2.29. The third kappa shape index (κ3) is 3.16. The average molecular weight is 212 g/mol. The van der Waals surface area contributed by atoms with Crippen LogP contribution in [0.25, 0.3) is 0 Å². The number of hydrogen-bond donors (Lipinski definition) is 1. The Morgan fingerprint density at radius 3 is 2.80 bits per heavy atom. The van der Waals surface area contributed by atoms with E-state index in [1.54, 1.807) is 0 Å². The molecule has 2 aliphatic rings. The lowest BCUT2D eigenvalue weighted by Crippen LogP contribution is -2.41. The Kier molecular flexibility index (Phi) is 4.42. The summed E-state index contributed by atoms with van der Waals surface area (Å²) in [5.74, 6) is 0.717. The molecule has 2 heterocycles. The summed E-state index contributed by atoms with van der Waals surface area (Å²) in [4.78, 5) is 2.60. The van der Waals surface area contributed by atoms with E-state index in [0.29, 0.717) is 6.04 Å². The van der Waals surface area contributed by atoms with Gasteiger partial charge in [-0.05, 0) is 38.9 Å². The highest BCUT2D eigenvalue weighted by atomic mass is 16.5. The van der Waals surface area contributed by atoms with Gasteiger partial charge in [0, 0.05) is 18.5 Å². The molecule has 0 aromatic rings. The molecule has 1 N–H and O–H groups in total. The van der Waals surface area contributed by atoms with Crippen LogP contribution in [0.3, 0.4) is 0 Å². The summed E-state index contributed by atoms with van der Waals surface area (Å²) in [7, 11) is 0. The summed E-state index contributed by atoms with van der Waals surface area (Å²) in [6.45, 7) is 9.06. The van der Waals surface area contributed by atoms with E-state index in [1.807, 2.05) is 0 Å². The van der Waals surface area contributed by atoms with Crippen LogP contribution in [0.4, 0.5) is 0 Å². The molecule has 0 aliphatic carbocycles. The quantitative estimate of drug-likeness (QED) is 0.738. The summed E-state index contributed by atoms with van der Waals surface area (Å²) in [6, 6.07) is 0.602. The van der Waals surface area contributed by atoms with Crippen LogP contribution in [0.1, 0.15) is 26.2 Å². The molecule has 0 amide bonds. The van der Waals surface area contributed by atoms with Gasteiger partial charge in [0.15, 0.2) is 0 Å². The monoisotopic (exact) mass is 212 g/mol. The smallest absolute Gasteiger partial charge is 0.0623 e. The van der Waals surface area contributed by atoms with E-state index in [0.717, 1.165) is 25.7 Å². The second-order valence-corrected chi connectivity index (χ2v) is 4.87. The van der Waals surface area contributed by atoms with Crippen molar-refractivity contribution in [1.82, 2.24) is 10.2 Å². The zero-order valence-corrected chi connectivity index (χ0v) is 9.87. The lowest BCUT2D eigenvalue weighted by atomic mass is 10.0. The summed E-state index contributed by atoms with van der Waals surface area (Å²) >= 11 is 0. The number of ether oxygens (including phenoxy) is 1. The van der Waals surface area contributed by atoms with Gasteiger partial charge in [-0.15, -0.1) is 0 Å². The molecule has 2 fully saturated rings. The molecule has 0 aromatic carbocycles. The number of likely N-dealkylation sites (tertiary alicyclic amines) is 1. The van der Waals surface area contributed by atoms with Gasteiger partial charge in [0.05, 0.1) is 13.2 Å². The van der Waals surface area contributed by atoms with Crippen molar-refractivity contribution in [2.75, 3.05) is 39.4 Å². The van der Waals surface area contributed by atoms with Crippen LogP contribution < -0.4 is 5.32 Å². The molecule has 2 saturated heterocycles. The van der Waals surface area contributed by atoms with E-state index in [9.17, 15) is 0 Å². The maximum Gasteiger partial charge on any atom is 0.0623 e. The largest absolute Gasteiger partial charge is 0.379 e. The van der Waals surface area contributed by atoms with Crippen LogP contribution >= 0.6 is 0 Å². The minimum atomic E-state index is 0.602. The van der Waals surface area contributed by atoms with Gasteiger partial charge in [-0.25, -0.2) is 0 Å². The van der Waals surface area contributed by atoms with Gasteiger partial charge in [0.1, 0.15) is 0 Å². The van der Waals surface area contributed by atoms with Crippen LogP contribution in [0.2, 0.25) is 0 Å². The van der Waals surface area contributed by atoms with Gasteiger partial charge in [0.25, 0.3) is 0 Å². The highest BCUT2D eigenvalue weighted by Crippen LogP contribution is 2.18. The molecule has 2 unspecified atom stereocenters. The third-order valence-electron chi connectivity index (χ3n) is 3.55. The molecule has 0 saturated carbocycles. The van der Waals surface area contributed by atoms with Crippen molar-refractivity contribution in [3.05, 3.63) is 0 Å². The van der Waals surface area contributed by atoms with Crippen LogP contribution in [-0.4, -0.2) is 50.3 Å². The number of rotatable bonds is 5.